The fourth-order valence-corrected chi connectivity index (χ4v) is 2.07. The van der Waals surface area contributed by atoms with Crippen molar-refractivity contribution in [2.75, 3.05) is 7.05 Å². The minimum atomic E-state index is -0.167. The average Bonchev–Trinajstić information content (AvgIpc) is 2.87. The van der Waals surface area contributed by atoms with Gasteiger partial charge >= 0.3 is 0 Å². The molecule has 0 bridgehead atoms. The van der Waals surface area contributed by atoms with Gasteiger partial charge in [0.25, 0.3) is 5.91 Å². The monoisotopic (exact) mass is 306 g/mol. The molecule has 21 heavy (non-hydrogen) atoms. The maximum absolute atomic E-state index is 12.4. The van der Waals surface area contributed by atoms with Gasteiger partial charge in [0.2, 0.25) is 5.82 Å². The first-order valence-electron chi connectivity index (χ1n) is 6.90. The molecule has 0 aliphatic heterocycles. The molecular formula is C15H19ClN4O. The zero-order valence-corrected chi connectivity index (χ0v) is 13.4. The first-order valence-corrected chi connectivity index (χ1v) is 7.28. The molecule has 5 nitrogen and oxygen atoms in total. The number of halogens is 1. The zero-order chi connectivity index (χ0) is 15.6. The molecule has 1 unspecified atom stereocenters. The van der Waals surface area contributed by atoms with Gasteiger partial charge in [0.05, 0.1) is 5.69 Å². The molecule has 1 aromatic carbocycles. The number of nitrogens with zero attached hydrogens (tertiary/aromatic N) is 4. The quantitative estimate of drug-likeness (QED) is 0.872. The summed E-state index contributed by atoms with van der Waals surface area (Å²) in [5.74, 6) is 0.712. The molecule has 6 heteroatoms. The Morgan fingerprint density at radius 2 is 2.00 bits per heavy atom. The summed E-state index contributed by atoms with van der Waals surface area (Å²) in [4.78, 5) is 18.3. The predicted octanol–water partition coefficient (Wildman–Crippen LogP) is 3.10. The van der Waals surface area contributed by atoms with Gasteiger partial charge in [-0.2, -0.15) is 0 Å². The van der Waals surface area contributed by atoms with E-state index >= 15 is 0 Å². The van der Waals surface area contributed by atoms with Gasteiger partial charge in [-0.25, -0.2) is 9.67 Å². The van der Waals surface area contributed by atoms with Gasteiger partial charge in [-0.3, -0.25) is 4.79 Å². The summed E-state index contributed by atoms with van der Waals surface area (Å²) in [6, 6.07) is 7.41. The van der Waals surface area contributed by atoms with E-state index in [0.717, 1.165) is 12.1 Å². The molecule has 0 radical (unpaired) electrons. The smallest absolute Gasteiger partial charge is 0.293 e. The van der Waals surface area contributed by atoms with E-state index in [9.17, 15) is 4.79 Å². The number of hydrogen-bond acceptors (Lipinski definition) is 3. The van der Waals surface area contributed by atoms with Crippen LogP contribution in [0.5, 0.6) is 0 Å². The van der Waals surface area contributed by atoms with E-state index in [1.165, 1.54) is 0 Å². The van der Waals surface area contributed by atoms with Crippen molar-refractivity contribution in [1.29, 1.82) is 0 Å². The summed E-state index contributed by atoms with van der Waals surface area (Å²) in [5, 5.41) is 4.98. The lowest BCUT2D eigenvalue weighted by Gasteiger charge is -2.22. The Hall–Kier alpha value is -1.88. The van der Waals surface area contributed by atoms with Crippen LogP contribution in [0.4, 0.5) is 0 Å². The van der Waals surface area contributed by atoms with E-state index in [0.29, 0.717) is 10.8 Å². The SMILES string of the molecule is CCC(C)N(C)C(=O)c1nc(C)n(-c2ccc(Cl)cc2)n1. The topological polar surface area (TPSA) is 51.0 Å². The largest absolute Gasteiger partial charge is 0.336 e. The second kappa shape index (κ2) is 6.26. The summed E-state index contributed by atoms with van der Waals surface area (Å²) in [7, 11) is 1.77. The number of benzene rings is 1. The molecule has 1 atom stereocenters. The third kappa shape index (κ3) is 3.24. The highest BCUT2D eigenvalue weighted by molar-refractivity contribution is 6.30. The van der Waals surface area contributed by atoms with Crippen molar-refractivity contribution >= 4 is 17.5 Å². The average molecular weight is 307 g/mol. The van der Waals surface area contributed by atoms with Crippen molar-refractivity contribution in [3.8, 4) is 5.69 Å². The first-order chi connectivity index (χ1) is 9.93. The lowest BCUT2D eigenvalue weighted by Crippen LogP contribution is -2.35. The van der Waals surface area contributed by atoms with Crippen LogP contribution in [0.25, 0.3) is 5.69 Å². The van der Waals surface area contributed by atoms with Crippen LogP contribution in [0, 0.1) is 6.92 Å². The molecule has 1 heterocycles. The maximum Gasteiger partial charge on any atom is 0.293 e. The van der Waals surface area contributed by atoms with Crippen LogP contribution in [0.2, 0.25) is 5.02 Å². The van der Waals surface area contributed by atoms with E-state index in [-0.39, 0.29) is 17.8 Å². The lowest BCUT2D eigenvalue weighted by molar-refractivity contribution is 0.0728. The fourth-order valence-electron chi connectivity index (χ4n) is 1.94. The van der Waals surface area contributed by atoms with Crippen molar-refractivity contribution in [2.45, 2.75) is 33.2 Å². The Bertz CT molecular complexity index is 636. The molecule has 1 aromatic heterocycles. The van der Waals surface area contributed by atoms with Crippen molar-refractivity contribution in [3.63, 3.8) is 0 Å². The highest BCUT2D eigenvalue weighted by Crippen LogP contribution is 2.15. The molecule has 0 saturated heterocycles. The number of rotatable bonds is 4. The van der Waals surface area contributed by atoms with Gasteiger partial charge in [0, 0.05) is 18.1 Å². The normalized spacial score (nSPS) is 12.2. The zero-order valence-electron chi connectivity index (χ0n) is 12.7. The Kier molecular flexibility index (Phi) is 4.63. The number of hydrogen-bond donors (Lipinski definition) is 0. The molecule has 0 fully saturated rings. The standard InChI is InChI=1S/C15H19ClN4O/c1-5-10(2)19(4)15(21)14-17-11(3)20(18-14)13-8-6-12(16)7-9-13/h6-10H,5H2,1-4H3. The molecule has 0 saturated carbocycles. The van der Waals surface area contributed by atoms with Crippen LogP contribution < -0.4 is 0 Å². The van der Waals surface area contributed by atoms with Crippen LogP contribution in [-0.2, 0) is 0 Å². The van der Waals surface area contributed by atoms with Crippen LogP contribution in [0.3, 0.4) is 0 Å². The number of carbonyl (C=O) groups is 1. The molecule has 0 N–H and O–H groups in total. The lowest BCUT2D eigenvalue weighted by atomic mass is 10.2. The number of aryl methyl sites for hydroxylation is 1. The van der Waals surface area contributed by atoms with Gasteiger partial charge < -0.3 is 4.90 Å². The molecule has 2 rings (SSSR count). The van der Waals surface area contributed by atoms with Gasteiger partial charge in [-0.15, -0.1) is 5.10 Å². The Balaban J connectivity index is 2.31. The van der Waals surface area contributed by atoms with E-state index in [1.807, 2.05) is 32.9 Å². The Labute approximate surface area is 129 Å². The van der Waals surface area contributed by atoms with Crippen molar-refractivity contribution in [3.05, 3.63) is 40.9 Å². The van der Waals surface area contributed by atoms with Gasteiger partial charge in [-0.1, -0.05) is 18.5 Å². The van der Waals surface area contributed by atoms with Crippen LogP contribution in [-0.4, -0.2) is 38.7 Å². The van der Waals surface area contributed by atoms with Gasteiger partial charge in [-0.05, 0) is 44.5 Å². The highest BCUT2D eigenvalue weighted by atomic mass is 35.5. The molecule has 2 aromatic rings. The van der Waals surface area contributed by atoms with Gasteiger partial charge in [0.15, 0.2) is 0 Å². The molecule has 0 aliphatic carbocycles. The third-order valence-electron chi connectivity index (χ3n) is 3.60. The Morgan fingerprint density at radius 1 is 1.38 bits per heavy atom. The summed E-state index contributed by atoms with van der Waals surface area (Å²) in [6.45, 7) is 5.86. The van der Waals surface area contributed by atoms with Crippen LogP contribution in [0.15, 0.2) is 24.3 Å². The molecule has 112 valence electrons. The first kappa shape index (κ1) is 15.5. The minimum Gasteiger partial charge on any atom is -0.336 e. The fraction of sp³-hybridized carbons (Fsp3) is 0.400. The molecule has 1 amide bonds. The molecule has 0 spiro atoms. The minimum absolute atomic E-state index is 0.153. The predicted molar refractivity (Wildman–Crippen MR) is 83.0 cm³/mol. The summed E-state index contributed by atoms with van der Waals surface area (Å²) < 4.78 is 1.65. The Morgan fingerprint density at radius 3 is 2.57 bits per heavy atom. The van der Waals surface area contributed by atoms with Gasteiger partial charge in [0.1, 0.15) is 5.82 Å². The summed E-state index contributed by atoms with van der Waals surface area (Å²) in [6.07, 6.45) is 0.888. The molecule has 0 aliphatic rings. The summed E-state index contributed by atoms with van der Waals surface area (Å²) in [5.41, 5.74) is 0.828. The second-order valence-electron chi connectivity index (χ2n) is 5.04. The third-order valence-corrected chi connectivity index (χ3v) is 3.86. The molecular weight excluding hydrogens is 288 g/mol. The highest BCUT2D eigenvalue weighted by Gasteiger charge is 2.21. The second-order valence-corrected chi connectivity index (χ2v) is 5.48. The summed E-state index contributed by atoms with van der Waals surface area (Å²) >= 11 is 5.88. The number of amides is 1. The van der Waals surface area contributed by atoms with Crippen molar-refractivity contribution < 1.29 is 4.79 Å². The van der Waals surface area contributed by atoms with Crippen molar-refractivity contribution in [2.24, 2.45) is 0 Å². The number of carbonyl (C=O) groups excluding carboxylic acids is 1. The van der Waals surface area contributed by atoms with E-state index in [1.54, 1.807) is 28.8 Å². The van der Waals surface area contributed by atoms with Crippen LogP contribution >= 0.6 is 11.6 Å². The maximum atomic E-state index is 12.4. The van der Waals surface area contributed by atoms with Crippen LogP contribution in [0.1, 0.15) is 36.7 Å². The van der Waals surface area contributed by atoms with E-state index < -0.39 is 0 Å². The van der Waals surface area contributed by atoms with E-state index in [4.69, 9.17) is 11.6 Å². The van der Waals surface area contributed by atoms with E-state index in [2.05, 4.69) is 10.1 Å². The van der Waals surface area contributed by atoms with Crippen molar-refractivity contribution in [1.82, 2.24) is 19.7 Å². The number of aromatic nitrogens is 3.